The van der Waals surface area contributed by atoms with Crippen molar-refractivity contribution in [1.29, 1.82) is 0 Å². The largest absolute Gasteiger partial charge is 0.481 e. The van der Waals surface area contributed by atoms with Crippen molar-refractivity contribution < 1.29 is 22.7 Å². The molecule has 0 unspecified atom stereocenters. The van der Waals surface area contributed by atoms with E-state index >= 15 is 0 Å². The zero-order chi connectivity index (χ0) is 19.6. The Morgan fingerprint density at radius 2 is 1.96 bits per heavy atom. The normalized spacial score (nSPS) is 16.6. The lowest BCUT2D eigenvalue weighted by molar-refractivity contribution is -0.137. The van der Waals surface area contributed by atoms with Crippen molar-refractivity contribution in [2.24, 2.45) is 5.92 Å². The molecule has 1 aromatic heterocycles. The number of amides is 1. The molecule has 0 spiro atoms. The lowest BCUT2D eigenvalue weighted by atomic mass is 9.95. The molecule has 1 N–H and O–H groups in total. The van der Waals surface area contributed by atoms with Gasteiger partial charge in [0.1, 0.15) is 0 Å². The Kier molecular flexibility index (Phi) is 5.25. The number of aromatic nitrogens is 1. The van der Waals surface area contributed by atoms with Crippen LogP contribution < -0.4 is 15.0 Å². The van der Waals surface area contributed by atoms with Gasteiger partial charge in [-0.1, -0.05) is 0 Å². The number of pyridine rings is 1. The molecule has 1 aromatic carbocycles. The van der Waals surface area contributed by atoms with E-state index in [1.807, 2.05) is 11.0 Å². The molecular formula is C19H20F3N3O2. The first-order chi connectivity index (χ1) is 12.8. The molecule has 27 heavy (non-hydrogen) atoms. The van der Waals surface area contributed by atoms with Crippen LogP contribution in [0.4, 0.5) is 24.5 Å². The van der Waals surface area contributed by atoms with Crippen molar-refractivity contribution in [2.75, 3.05) is 25.1 Å². The van der Waals surface area contributed by atoms with Gasteiger partial charge in [0.15, 0.2) is 0 Å². The summed E-state index contributed by atoms with van der Waals surface area (Å²) >= 11 is 0. The molecule has 1 amide bonds. The van der Waals surface area contributed by atoms with E-state index in [-0.39, 0.29) is 11.8 Å². The summed E-state index contributed by atoms with van der Waals surface area (Å²) in [5.41, 5.74) is 1.57. The van der Waals surface area contributed by atoms with Crippen LogP contribution in [0.15, 0.2) is 36.4 Å². The first-order valence-corrected chi connectivity index (χ1v) is 8.51. The maximum atomic E-state index is 12.8. The highest BCUT2D eigenvalue weighted by Gasteiger charge is 2.31. The molecule has 0 aliphatic carbocycles. The first-order valence-electron chi connectivity index (χ1n) is 8.51. The average Bonchev–Trinajstić information content (AvgIpc) is 2.64. The number of halogens is 3. The van der Waals surface area contributed by atoms with Crippen LogP contribution in [0.5, 0.6) is 5.88 Å². The second kappa shape index (κ2) is 7.46. The molecule has 1 aliphatic heterocycles. The van der Waals surface area contributed by atoms with Gasteiger partial charge < -0.3 is 15.0 Å². The molecule has 2 aromatic rings. The zero-order valence-electron chi connectivity index (χ0n) is 15.0. The zero-order valence-corrected chi connectivity index (χ0v) is 15.0. The number of nitrogens with zero attached hydrogens (tertiary/aromatic N) is 2. The quantitative estimate of drug-likeness (QED) is 0.883. The van der Waals surface area contributed by atoms with Crippen LogP contribution >= 0.6 is 0 Å². The molecule has 1 atom stereocenters. The minimum absolute atomic E-state index is 0.0725. The molecule has 8 heteroatoms. The number of alkyl halides is 3. The lowest BCUT2D eigenvalue weighted by Gasteiger charge is -2.35. The Hall–Kier alpha value is -2.77. The molecule has 0 saturated heterocycles. The first kappa shape index (κ1) is 19.0. The summed E-state index contributed by atoms with van der Waals surface area (Å²) in [6.45, 7) is 2.48. The van der Waals surface area contributed by atoms with E-state index < -0.39 is 11.7 Å². The van der Waals surface area contributed by atoms with Crippen molar-refractivity contribution in [3.8, 4) is 5.88 Å². The molecule has 1 aliphatic rings. The maximum absolute atomic E-state index is 12.8. The van der Waals surface area contributed by atoms with E-state index in [9.17, 15) is 18.0 Å². The predicted molar refractivity (Wildman–Crippen MR) is 95.1 cm³/mol. The van der Waals surface area contributed by atoms with Gasteiger partial charge in [0, 0.05) is 31.8 Å². The Bertz CT molecular complexity index is 822. The average molecular weight is 379 g/mol. The molecular weight excluding hydrogens is 359 g/mol. The summed E-state index contributed by atoms with van der Waals surface area (Å²) < 4.78 is 43.7. The van der Waals surface area contributed by atoms with Gasteiger partial charge in [-0.05, 0) is 42.7 Å². The van der Waals surface area contributed by atoms with Crippen LogP contribution in [-0.4, -0.2) is 31.1 Å². The van der Waals surface area contributed by atoms with Crippen molar-refractivity contribution >= 4 is 17.3 Å². The van der Waals surface area contributed by atoms with E-state index in [0.29, 0.717) is 31.1 Å². The molecule has 144 valence electrons. The third kappa shape index (κ3) is 4.32. The van der Waals surface area contributed by atoms with Crippen LogP contribution in [0.1, 0.15) is 18.2 Å². The van der Waals surface area contributed by atoms with Gasteiger partial charge in [-0.3, -0.25) is 4.79 Å². The van der Waals surface area contributed by atoms with Crippen molar-refractivity contribution in [3.63, 3.8) is 0 Å². The molecule has 5 nitrogen and oxygen atoms in total. The third-order valence-corrected chi connectivity index (χ3v) is 4.49. The van der Waals surface area contributed by atoms with Crippen molar-refractivity contribution in [2.45, 2.75) is 19.5 Å². The molecule has 2 heterocycles. The number of carbonyl (C=O) groups excluding carboxylic acids is 1. The summed E-state index contributed by atoms with van der Waals surface area (Å²) in [6, 6.07) is 8.64. The van der Waals surface area contributed by atoms with Crippen LogP contribution in [-0.2, 0) is 17.4 Å². The van der Waals surface area contributed by atoms with Crippen molar-refractivity contribution in [1.82, 2.24) is 10.3 Å². The smallest absolute Gasteiger partial charge is 0.416 e. The number of rotatable bonds is 4. The monoisotopic (exact) mass is 379 g/mol. The molecule has 0 radical (unpaired) electrons. The number of nitrogens with one attached hydrogen (secondary N) is 1. The van der Waals surface area contributed by atoms with Gasteiger partial charge in [-0.2, -0.15) is 13.2 Å². The number of ether oxygens (including phenoxy) is 1. The van der Waals surface area contributed by atoms with Crippen molar-refractivity contribution in [3.05, 3.63) is 47.7 Å². The van der Waals surface area contributed by atoms with E-state index in [1.165, 1.54) is 26.2 Å². The highest BCUT2D eigenvalue weighted by atomic mass is 19.4. The fourth-order valence-corrected chi connectivity index (χ4v) is 3.18. The maximum Gasteiger partial charge on any atom is 0.416 e. The van der Waals surface area contributed by atoms with Crippen LogP contribution in [0, 0.1) is 5.92 Å². The minimum Gasteiger partial charge on any atom is -0.481 e. The summed E-state index contributed by atoms with van der Waals surface area (Å²) in [4.78, 5) is 17.7. The summed E-state index contributed by atoms with van der Waals surface area (Å²) in [7, 11) is 1.53. The van der Waals surface area contributed by atoms with Crippen LogP contribution in [0.2, 0.25) is 0 Å². The molecule has 0 fully saturated rings. The molecule has 3 rings (SSSR count). The second-order valence-corrected chi connectivity index (χ2v) is 6.48. The van der Waals surface area contributed by atoms with Gasteiger partial charge in [-0.15, -0.1) is 0 Å². The number of benzene rings is 1. The van der Waals surface area contributed by atoms with Gasteiger partial charge in [0.05, 0.1) is 24.1 Å². The third-order valence-electron chi connectivity index (χ3n) is 4.49. The van der Waals surface area contributed by atoms with Crippen LogP contribution in [0.25, 0.3) is 0 Å². The number of hydrogen-bond donors (Lipinski definition) is 1. The minimum atomic E-state index is -4.37. The number of methoxy groups -OCH3 is 1. The van der Waals surface area contributed by atoms with E-state index in [0.717, 1.165) is 23.5 Å². The number of anilines is 2. The molecule has 0 saturated carbocycles. The van der Waals surface area contributed by atoms with Gasteiger partial charge in [0.25, 0.3) is 0 Å². The Balaban J connectivity index is 1.94. The summed E-state index contributed by atoms with van der Waals surface area (Å²) in [6.07, 6.45) is -3.73. The van der Waals surface area contributed by atoms with Gasteiger partial charge in [0.2, 0.25) is 11.8 Å². The second-order valence-electron chi connectivity index (χ2n) is 6.48. The van der Waals surface area contributed by atoms with Gasteiger partial charge in [-0.25, -0.2) is 4.98 Å². The molecule has 0 bridgehead atoms. The van der Waals surface area contributed by atoms with Gasteiger partial charge >= 0.3 is 6.18 Å². The van der Waals surface area contributed by atoms with Crippen LogP contribution in [0.3, 0.4) is 0 Å². The fourth-order valence-electron chi connectivity index (χ4n) is 3.18. The summed E-state index contributed by atoms with van der Waals surface area (Å²) in [5.74, 6) is 0.421. The lowest BCUT2D eigenvalue weighted by Crippen LogP contribution is -2.39. The Labute approximate surface area is 155 Å². The predicted octanol–water partition coefficient (Wildman–Crippen LogP) is 3.56. The van der Waals surface area contributed by atoms with E-state index in [2.05, 4.69) is 10.3 Å². The summed E-state index contributed by atoms with van der Waals surface area (Å²) in [5, 5.41) is 2.80. The number of hydrogen-bond acceptors (Lipinski definition) is 4. The number of carbonyl (C=O) groups is 1. The number of fused-ring (bicyclic) bond motifs is 1. The van der Waals surface area contributed by atoms with E-state index in [1.54, 1.807) is 6.07 Å². The highest BCUT2D eigenvalue weighted by molar-refractivity contribution is 5.73. The van der Waals surface area contributed by atoms with E-state index in [4.69, 9.17) is 4.74 Å². The Morgan fingerprint density at radius 1 is 1.26 bits per heavy atom. The Morgan fingerprint density at radius 3 is 2.56 bits per heavy atom. The SMILES string of the molecule is COc1ccc2c(n1)C[C@H](CNC(C)=O)CN2c1ccc(C(F)(F)F)cc1. The topological polar surface area (TPSA) is 54.5 Å². The highest BCUT2D eigenvalue weighted by Crippen LogP contribution is 2.37. The fraction of sp³-hybridized carbons (Fsp3) is 0.368. The standard InChI is InChI=1S/C19H20F3N3O2/c1-12(26)23-10-13-9-16-17(7-8-18(24-16)27-2)25(11-13)15-5-3-14(4-6-15)19(20,21)22/h3-8,13H,9-11H2,1-2H3,(H,23,26)/t13-/m1/s1.